The molecule has 1 unspecified atom stereocenters. The van der Waals surface area contributed by atoms with Gasteiger partial charge in [-0.25, -0.2) is 0 Å². The van der Waals surface area contributed by atoms with Crippen LogP contribution in [0.25, 0.3) is 0 Å². The van der Waals surface area contributed by atoms with Gasteiger partial charge in [-0.15, -0.1) is 0 Å². The predicted molar refractivity (Wildman–Crippen MR) is 93.8 cm³/mol. The SMILES string of the molecule is CNC(=O)C(O)CC[C@H](NC(=O)CCC(=O)O)C(=O)Nc1ccc[nH]c1=O. The smallest absolute Gasteiger partial charge is 0.303 e. The van der Waals surface area contributed by atoms with E-state index in [-0.39, 0.29) is 24.9 Å². The van der Waals surface area contributed by atoms with E-state index in [1.807, 2.05) is 0 Å². The summed E-state index contributed by atoms with van der Waals surface area (Å²) in [6.45, 7) is 0. The average molecular weight is 382 g/mol. The third-order valence-corrected chi connectivity index (χ3v) is 3.57. The van der Waals surface area contributed by atoms with Crippen molar-refractivity contribution in [3.63, 3.8) is 0 Å². The number of amides is 3. The molecule has 11 heteroatoms. The second kappa shape index (κ2) is 10.7. The summed E-state index contributed by atoms with van der Waals surface area (Å²) in [6, 6.07) is 1.68. The van der Waals surface area contributed by atoms with Crippen molar-refractivity contribution in [2.45, 2.75) is 37.8 Å². The lowest BCUT2D eigenvalue weighted by Gasteiger charge is -2.19. The highest BCUT2D eigenvalue weighted by molar-refractivity contribution is 5.97. The van der Waals surface area contributed by atoms with Crippen LogP contribution in [0.1, 0.15) is 25.7 Å². The van der Waals surface area contributed by atoms with Crippen LogP contribution in [0.3, 0.4) is 0 Å². The van der Waals surface area contributed by atoms with Gasteiger partial charge in [-0.2, -0.15) is 0 Å². The Labute approximate surface area is 154 Å². The minimum atomic E-state index is -1.39. The lowest BCUT2D eigenvalue weighted by Crippen LogP contribution is -2.45. The Hall–Kier alpha value is -3.21. The summed E-state index contributed by atoms with van der Waals surface area (Å²) in [4.78, 5) is 60.2. The number of carboxylic acids is 1. The number of aliphatic hydroxyl groups is 1. The molecule has 0 bridgehead atoms. The van der Waals surface area contributed by atoms with E-state index in [1.54, 1.807) is 0 Å². The molecule has 1 heterocycles. The minimum Gasteiger partial charge on any atom is -0.481 e. The number of pyridine rings is 1. The van der Waals surface area contributed by atoms with Crippen LogP contribution in [0.4, 0.5) is 5.69 Å². The number of nitrogens with one attached hydrogen (secondary N) is 4. The number of hydrogen-bond acceptors (Lipinski definition) is 6. The Morgan fingerprint density at radius 2 is 1.85 bits per heavy atom. The number of anilines is 1. The lowest BCUT2D eigenvalue weighted by atomic mass is 10.1. The zero-order valence-electron chi connectivity index (χ0n) is 14.7. The van der Waals surface area contributed by atoms with Crippen molar-refractivity contribution < 1.29 is 29.4 Å². The molecule has 0 saturated heterocycles. The van der Waals surface area contributed by atoms with Gasteiger partial charge >= 0.3 is 5.97 Å². The van der Waals surface area contributed by atoms with E-state index in [4.69, 9.17) is 5.11 Å². The molecule has 27 heavy (non-hydrogen) atoms. The second-order valence-electron chi connectivity index (χ2n) is 5.62. The Bertz CT molecular complexity index is 746. The van der Waals surface area contributed by atoms with Crippen LogP contribution in [0.5, 0.6) is 0 Å². The molecule has 0 aliphatic rings. The van der Waals surface area contributed by atoms with E-state index in [0.29, 0.717) is 0 Å². The number of aliphatic carboxylic acids is 1. The van der Waals surface area contributed by atoms with Crippen LogP contribution in [0.2, 0.25) is 0 Å². The van der Waals surface area contributed by atoms with Gasteiger partial charge in [0.15, 0.2) is 0 Å². The molecule has 148 valence electrons. The van der Waals surface area contributed by atoms with Crippen molar-refractivity contribution in [3.8, 4) is 0 Å². The minimum absolute atomic E-state index is 0.0425. The highest BCUT2D eigenvalue weighted by Gasteiger charge is 2.24. The first kappa shape index (κ1) is 21.8. The number of aromatic nitrogens is 1. The van der Waals surface area contributed by atoms with Gasteiger partial charge in [0, 0.05) is 19.7 Å². The van der Waals surface area contributed by atoms with Crippen LogP contribution in [-0.4, -0.2) is 58.1 Å². The van der Waals surface area contributed by atoms with Crippen molar-refractivity contribution >= 4 is 29.4 Å². The summed E-state index contributed by atoms with van der Waals surface area (Å²) >= 11 is 0. The number of H-pyrrole nitrogens is 1. The van der Waals surface area contributed by atoms with Gasteiger partial charge in [0.05, 0.1) is 6.42 Å². The molecule has 1 aromatic heterocycles. The first-order chi connectivity index (χ1) is 12.7. The molecule has 1 rings (SSSR count). The summed E-state index contributed by atoms with van der Waals surface area (Å²) in [5.74, 6) is -3.24. The van der Waals surface area contributed by atoms with Gasteiger partial charge < -0.3 is 31.1 Å². The monoisotopic (exact) mass is 382 g/mol. The molecule has 1 aromatic rings. The van der Waals surface area contributed by atoms with Gasteiger partial charge in [-0.3, -0.25) is 24.0 Å². The van der Waals surface area contributed by atoms with Gasteiger partial charge in [0.25, 0.3) is 5.56 Å². The summed E-state index contributed by atoms with van der Waals surface area (Å²) in [7, 11) is 1.34. The molecule has 0 aliphatic carbocycles. The molecule has 0 radical (unpaired) electrons. The zero-order valence-corrected chi connectivity index (χ0v) is 14.7. The van der Waals surface area contributed by atoms with Crippen LogP contribution in [-0.2, 0) is 19.2 Å². The number of likely N-dealkylation sites (N-methyl/N-ethyl adjacent to an activating group) is 1. The second-order valence-corrected chi connectivity index (χ2v) is 5.62. The van der Waals surface area contributed by atoms with Crippen molar-refractivity contribution in [3.05, 3.63) is 28.7 Å². The zero-order chi connectivity index (χ0) is 20.4. The van der Waals surface area contributed by atoms with Crippen molar-refractivity contribution in [2.24, 2.45) is 0 Å². The topological polar surface area (TPSA) is 178 Å². The molecule has 6 N–H and O–H groups in total. The van der Waals surface area contributed by atoms with Crippen LogP contribution in [0, 0.1) is 0 Å². The summed E-state index contributed by atoms with van der Waals surface area (Å²) in [5.41, 5.74) is -0.591. The number of carbonyl (C=O) groups excluding carboxylic acids is 3. The number of rotatable bonds is 10. The molecular weight excluding hydrogens is 360 g/mol. The Kier molecular flexibility index (Phi) is 8.66. The maximum Gasteiger partial charge on any atom is 0.303 e. The fourth-order valence-corrected chi connectivity index (χ4v) is 2.12. The number of carboxylic acid groups (broad SMARTS) is 1. The van der Waals surface area contributed by atoms with Gasteiger partial charge in [0.2, 0.25) is 17.7 Å². The van der Waals surface area contributed by atoms with E-state index in [0.717, 1.165) is 0 Å². The summed E-state index contributed by atoms with van der Waals surface area (Å²) in [5, 5.41) is 25.3. The number of aliphatic hydroxyl groups excluding tert-OH is 1. The van der Waals surface area contributed by atoms with Crippen molar-refractivity contribution in [1.29, 1.82) is 0 Å². The first-order valence-corrected chi connectivity index (χ1v) is 8.14. The predicted octanol–water partition coefficient (Wildman–Crippen LogP) is -1.45. The molecular formula is C16H22N4O7. The largest absolute Gasteiger partial charge is 0.481 e. The standard InChI is InChI=1S/C16H22N4O7/c1-17-16(27)11(21)5-4-10(19-12(22)6-7-13(23)24)15(26)20-9-3-2-8-18-14(9)25/h2-3,8,10-11,21H,4-7H2,1H3,(H,17,27)(H,18,25)(H,19,22)(H,20,26)(H,23,24)/t10-,11?/m0/s1. The van der Waals surface area contributed by atoms with E-state index in [1.165, 1.54) is 25.4 Å². The van der Waals surface area contributed by atoms with E-state index in [2.05, 4.69) is 20.9 Å². The molecule has 11 nitrogen and oxygen atoms in total. The van der Waals surface area contributed by atoms with E-state index < -0.39 is 47.8 Å². The Morgan fingerprint density at radius 1 is 1.15 bits per heavy atom. The van der Waals surface area contributed by atoms with E-state index >= 15 is 0 Å². The molecule has 0 aromatic carbocycles. The molecule has 0 saturated carbocycles. The normalized spacial score (nSPS) is 12.5. The highest BCUT2D eigenvalue weighted by atomic mass is 16.4. The lowest BCUT2D eigenvalue weighted by molar-refractivity contribution is -0.139. The fourth-order valence-electron chi connectivity index (χ4n) is 2.12. The summed E-state index contributed by atoms with van der Waals surface area (Å²) < 4.78 is 0. The Balaban J connectivity index is 2.81. The molecule has 2 atom stereocenters. The third-order valence-electron chi connectivity index (χ3n) is 3.57. The number of hydrogen-bond donors (Lipinski definition) is 6. The number of aromatic amines is 1. The quantitative estimate of drug-likeness (QED) is 0.286. The Morgan fingerprint density at radius 3 is 2.44 bits per heavy atom. The average Bonchev–Trinajstić information content (AvgIpc) is 2.64. The highest BCUT2D eigenvalue weighted by Crippen LogP contribution is 2.07. The van der Waals surface area contributed by atoms with Gasteiger partial charge in [-0.1, -0.05) is 0 Å². The first-order valence-electron chi connectivity index (χ1n) is 8.14. The molecule has 3 amide bonds. The van der Waals surface area contributed by atoms with E-state index in [9.17, 15) is 29.1 Å². The van der Waals surface area contributed by atoms with Gasteiger partial charge in [-0.05, 0) is 25.0 Å². The fraction of sp³-hybridized carbons (Fsp3) is 0.438. The van der Waals surface area contributed by atoms with Crippen LogP contribution >= 0.6 is 0 Å². The van der Waals surface area contributed by atoms with Crippen molar-refractivity contribution in [2.75, 3.05) is 12.4 Å². The van der Waals surface area contributed by atoms with Crippen LogP contribution < -0.4 is 21.5 Å². The van der Waals surface area contributed by atoms with Crippen LogP contribution in [0.15, 0.2) is 23.1 Å². The summed E-state index contributed by atoms with van der Waals surface area (Å²) in [6.07, 6.45) is -1.02. The molecule has 0 aliphatic heterocycles. The maximum atomic E-state index is 12.4. The van der Waals surface area contributed by atoms with Crippen molar-refractivity contribution in [1.82, 2.24) is 15.6 Å². The third kappa shape index (κ3) is 7.69. The molecule has 0 fully saturated rings. The maximum absolute atomic E-state index is 12.4. The van der Waals surface area contributed by atoms with Gasteiger partial charge in [0.1, 0.15) is 17.8 Å². The molecule has 0 spiro atoms. The number of carbonyl (C=O) groups is 4.